The molecule has 2 aromatic carbocycles. The van der Waals surface area contributed by atoms with Crippen molar-refractivity contribution in [3.63, 3.8) is 0 Å². The molecule has 1 amide bonds. The highest BCUT2D eigenvalue weighted by molar-refractivity contribution is 7.99. The summed E-state index contributed by atoms with van der Waals surface area (Å²) in [7, 11) is 0. The number of halogens is 1. The lowest BCUT2D eigenvalue weighted by atomic mass is 10.2. The number of nitrogens with one attached hydrogen (secondary N) is 1. The van der Waals surface area contributed by atoms with Gasteiger partial charge in [0.05, 0.1) is 18.3 Å². The minimum atomic E-state index is -0.225. The third-order valence-electron chi connectivity index (χ3n) is 3.75. The second kappa shape index (κ2) is 9.20. The van der Waals surface area contributed by atoms with Crippen LogP contribution in [-0.4, -0.2) is 28.0 Å². The Balaban J connectivity index is 1.37. The van der Waals surface area contributed by atoms with Gasteiger partial charge in [0.2, 0.25) is 5.91 Å². The molecule has 3 aromatic rings. The summed E-state index contributed by atoms with van der Waals surface area (Å²) in [5.74, 6) is 0.638. The molecule has 0 fully saturated rings. The van der Waals surface area contributed by atoms with Crippen LogP contribution in [0.1, 0.15) is 12.0 Å². The molecule has 0 aliphatic rings. The third kappa shape index (κ3) is 5.46. The van der Waals surface area contributed by atoms with Crippen LogP contribution < -0.4 is 5.32 Å². The fraction of sp³-hybridized carbons (Fsp3) is 0.200. The van der Waals surface area contributed by atoms with E-state index in [1.165, 1.54) is 12.1 Å². The van der Waals surface area contributed by atoms with Crippen LogP contribution in [0.25, 0.3) is 5.69 Å². The zero-order chi connectivity index (χ0) is 18.2. The van der Waals surface area contributed by atoms with Gasteiger partial charge in [-0.25, -0.2) is 9.07 Å². The molecule has 4 nitrogen and oxygen atoms in total. The van der Waals surface area contributed by atoms with Gasteiger partial charge in [-0.15, -0.1) is 11.8 Å². The van der Waals surface area contributed by atoms with Crippen molar-refractivity contribution in [1.29, 1.82) is 0 Å². The number of hydrogen-bond acceptors (Lipinski definition) is 3. The van der Waals surface area contributed by atoms with Crippen molar-refractivity contribution >= 4 is 17.7 Å². The molecule has 0 atom stereocenters. The number of hydrogen-bond donors (Lipinski definition) is 1. The lowest BCUT2D eigenvalue weighted by molar-refractivity contribution is -0.120. The van der Waals surface area contributed by atoms with Crippen LogP contribution in [0.15, 0.2) is 71.9 Å². The first-order valence-corrected chi connectivity index (χ1v) is 9.43. The van der Waals surface area contributed by atoms with E-state index in [4.69, 9.17) is 0 Å². The summed E-state index contributed by atoms with van der Waals surface area (Å²) in [4.78, 5) is 13.1. The summed E-state index contributed by atoms with van der Waals surface area (Å²) in [6.07, 6.45) is 4.77. The van der Waals surface area contributed by atoms with Crippen molar-refractivity contribution < 1.29 is 9.18 Å². The van der Waals surface area contributed by atoms with Crippen LogP contribution in [0.4, 0.5) is 4.39 Å². The SMILES string of the molecule is O=C(Cc1cnn(-c2ccccc2)c1)NCCCSc1ccc(F)cc1. The molecule has 0 spiro atoms. The highest BCUT2D eigenvalue weighted by atomic mass is 32.2. The van der Waals surface area contributed by atoms with Gasteiger partial charge in [-0.05, 0) is 54.1 Å². The number of rotatable bonds is 8. The van der Waals surface area contributed by atoms with Crippen molar-refractivity contribution in [2.45, 2.75) is 17.7 Å². The summed E-state index contributed by atoms with van der Waals surface area (Å²) in [6, 6.07) is 16.2. The van der Waals surface area contributed by atoms with E-state index >= 15 is 0 Å². The number of nitrogens with zero attached hydrogens (tertiary/aromatic N) is 2. The number of amides is 1. The van der Waals surface area contributed by atoms with E-state index in [1.54, 1.807) is 34.8 Å². The Labute approximate surface area is 156 Å². The van der Waals surface area contributed by atoms with Gasteiger partial charge in [-0.1, -0.05) is 18.2 Å². The fourth-order valence-electron chi connectivity index (χ4n) is 2.44. The van der Waals surface area contributed by atoms with Gasteiger partial charge < -0.3 is 5.32 Å². The Morgan fingerprint density at radius 1 is 1.12 bits per heavy atom. The molecular weight excluding hydrogens is 349 g/mol. The highest BCUT2D eigenvalue weighted by Gasteiger charge is 2.06. The van der Waals surface area contributed by atoms with E-state index in [0.29, 0.717) is 13.0 Å². The Morgan fingerprint density at radius 2 is 1.88 bits per heavy atom. The zero-order valence-corrected chi connectivity index (χ0v) is 15.1. The van der Waals surface area contributed by atoms with Gasteiger partial charge in [-0.3, -0.25) is 4.79 Å². The quantitative estimate of drug-likeness (QED) is 0.485. The van der Waals surface area contributed by atoms with Crippen LogP contribution in [0.3, 0.4) is 0 Å². The number of para-hydroxylation sites is 1. The molecule has 134 valence electrons. The zero-order valence-electron chi connectivity index (χ0n) is 14.3. The molecule has 6 heteroatoms. The van der Waals surface area contributed by atoms with Crippen molar-refractivity contribution in [1.82, 2.24) is 15.1 Å². The van der Waals surface area contributed by atoms with Crippen molar-refractivity contribution in [2.24, 2.45) is 0 Å². The highest BCUT2D eigenvalue weighted by Crippen LogP contribution is 2.18. The number of benzene rings is 2. The fourth-order valence-corrected chi connectivity index (χ4v) is 3.29. The van der Waals surface area contributed by atoms with Crippen molar-refractivity contribution in [3.05, 3.63) is 78.4 Å². The van der Waals surface area contributed by atoms with Gasteiger partial charge in [-0.2, -0.15) is 5.10 Å². The largest absolute Gasteiger partial charge is 0.356 e. The number of thioether (sulfide) groups is 1. The van der Waals surface area contributed by atoms with Gasteiger partial charge in [0.25, 0.3) is 0 Å². The third-order valence-corrected chi connectivity index (χ3v) is 4.85. The van der Waals surface area contributed by atoms with Crippen LogP contribution in [0.5, 0.6) is 0 Å². The molecule has 0 saturated carbocycles. The lowest BCUT2D eigenvalue weighted by Gasteiger charge is -2.05. The van der Waals surface area contributed by atoms with E-state index in [-0.39, 0.29) is 11.7 Å². The molecule has 1 heterocycles. The minimum absolute atomic E-state index is 0.00982. The molecule has 1 aromatic heterocycles. The summed E-state index contributed by atoms with van der Waals surface area (Å²) in [6.45, 7) is 0.625. The topological polar surface area (TPSA) is 46.9 Å². The molecule has 0 bridgehead atoms. The Morgan fingerprint density at radius 3 is 2.65 bits per heavy atom. The Kier molecular flexibility index (Phi) is 6.44. The molecular formula is C20H20FN3OS. The molecule has 0 radical (unpaired) electrons. The van der Waals surface area contributed by atoms with Crippen molar-refractivity contribution in [3.8, 4) is 5.69 Å². The van der Waals surface area contributed by atoms with Gasteiger partial charge in [0, 0.05) is 17.6 Å². The van der Waals surface area contributed by atoms with E-state index in [1.807, 2.05) is 36.5 Å². The number of aromatic nitrogens is 2. The minimum Gasteiger partial charge on any atom is -0.356 e. The molecule has 0 saturated heterocycles. The molecule has 0 aliphatic heterocycles. The maximum Gasteiger partial charge on any atom is 0.224 e. The van der Waals surface area contributed by atoms with Crippen LogP contribution in [-0.2, 0) is 11.2 Å². The Hall–Kier alpha value is -2.60. The molecule has 1 N–H and O–H groups in total. The van der Waals surface area contributed by atoms with Crippen molar-refractivity contribution in [2.75, 3.05) is 12.3 Å². The van der Waals surface area contributed by atoms with Crippen LogP contribution in [0, 0.1) is 5.82 Å². The smallest absolute Gasteiger partial charge is 0.224 e. The maximum absolute atomic E-state index is 12.8. The summed E-state index contributed by atoms with van der Waals surface area (Å²) < 4.78 is 14.6. The first-order valence-electron chi connectivity index (χ1n) is 8.45. The monoisotopic (exact) mass is 369 g/mol. The normalized spacial score (nSPS) is 10.7. The molecule has 3 rings (SSSR count). The molecule has 26 heavy (non-hydrogen) atoms. The van der Waals surface area contributed by atoms with Crippen LogP contribution in [0.2, 0.25) is 0 Å². The number of carbonyl (C=O) groups excluding carboxylic acids is 1. The van der Waals surface area contributed by atoms with Gasteiger partial charge in [0.1, 0.15) is 5.82 Å². The van der Waals surface area contributed by atoms with E-state index in [9.17, 15) is 9.18 Å². The van der Waals surface area contributed by atoms with Gasteiger partial charge >= 0.3 is 0 Å². The van der Waals surface area contributed by atoms with Gasteiger partial charge in [0.15, 0.2) is 0 Å². The van der Waals surface area contributed by atoms with E-state index in [2.05, 4.69) is 10.4 Å². The predicted molar refractivity (Wildman–Crippen MR) is 102 cm³/mol. The summed E-state index contributed by atoms with van der Waals surface area (Å²) >= 11 is 1.65. The molecule has 0 unspecified atom stereocenters. The molecule has 0 aliphatic carbocycles. The maximum atomic E-state index is 12.8. The second-order valence-electron chi connectivity index (χ2n) is 5.81. The second-order valence-corrected chi connectivity index (χ2v) is 6.98. The van der Waals surface area contributed by atoms with E-state index in [0.717, 1.165) is 28.3 Å². The number of carbonyl (C=O) groups is 1. The first-order chi connectivity index (χ1) is 12.7. The summed E-state index contributed by atoms with van der Waals surface area (Å²) in [5, 5.41) is 7.22. The average molecular weight is 369 g/mol. The lowest BCUT2D eigenvalue weighted by Crippen LogP contribution is -2.26. The standard InChI is InChI=1S/C20H20FN3OS/c21-17-7-9-19(10-8-17)26-12-4-11-22-20(25)13-16-14-23-24(15-16)18-5-2-1-3-6-18/h1-3,5-10,14-15H,4,11-13H2,(H,22,25). The van der Waals surface area contributed by atoms with Crippen LogP contribution >= 0.6 is 11.8 Å². The Bertz CT molecular complexity index is 834. The average Bonchev–Trinajstić information content (AvgIpc) is 3.12. The predicted octanol–water partition coefficient (Wildman–Crippen LogP) is 3.85. The first kappa shape index (κ1) is 18.2. The van der Waals surface area contributed by atoms with E-state index < -0.39 is 0 Å². The summed E-state index contributed by atoms with van der Waals surface area (Å²) in [5.41, 5.74) is 1.85.